The molecule has 1 fully saturated rings. The van der Waals surface area contributed by atoms with Crippen LogP contribution < -0.4 is 0 Å². The van der Waals surface area contributed by atoms with Gasteiger partial charge in [-0.05, 0) is 36.8 Å². The summed E-state index contributed by atoms with van der Waals surface area (Å²) in [5.74, 6) is 0.541. The van der Waals surface area contributed by atoms with Crippen molar-refractivity contribution in [3.8, 4) is 0 Å². The molecule has 3 heterocycles. The van der Waals surface area contributed by atoms with E-state index in [1.54, 1.807) is 6.07 Å². The second-order valence-corrected chi connectivity index (χ2v) is 6.91. The Labute approximate surface area is 157 Å². The molecule has 3 aromatic rings. The number of nitrogens with zero attached hydrogens (tertiary/aromatic N) is 4. The summed E-state index contributed by atoms with van der Waals surface area (Å²) >= 11 is 0. The van der Waals surface area contributed by atoms with Crippen LogP contribution in [-0.2, 0) is 13.2 Å². The van der Waals surface area contributed by atoms with Crippen molar-refractivity contribution >= 4 is 16.9 Å². The van der Waals surface area contributed by atoms with Crippen LogP contribution in [0.25, 0.3) is 11.0 Å². The summed E-state index contributed by atoms with van der Waals surface area (Å²) in [6.07, 6.45) is 1.83. The number of rotatable bonds is 4. The van der Waals surface area contributed by atoms with Crippen molar-refractivity contribution in [2.24, 2.45) is 0 Å². The molecule has 27 heavy (non-hydrogen) atoms. The van der Waals surface area contributed by atoms with Crippen molar-refractivity contribution in [2.45, 2.75) is 20.1 Å². The van der Waals surface area contributed by atoms with E-state index < -0.39 is 0 Å². The van der Waals surface area contributed by atoms with E-state index >= 15 is 0 Å². The fourth-order valence-corrected chi connectivity index (χ4v) is 3.46. The molecule has 4 rings (SSSR count). The van der Waals surface area contributed by atoms with E-state index in [0.29, 0.717) is 24.5 Å². The number of aliphatic hydroxyl groups excluding tert-OH is 1. The van der Waals surface area contributed by atoms with Gasteiger partial charge in [-0.2, -0.15) is 0 Å². The van der Waals surface area contributed by atoms with Crippen LogP contribution in [0.15, 0.2) is 36.5 Å². The van der Waals surface area contributed by atoms with Crippen molar-refractivity contribution < 1.29 is 9.90 Å². The molecular formula is C20H23N5O2. The molecule has 2 N–H and O–H groups in total. The molecule has 0 aliphatic carbocycles. The number of hydrogen-bond acceptors (Lipinski definition) is 5. The topological polar surface area (TPSA) is 85.3 Å². The van der Waals surface area contributed by atoms with Gasteiger partial charge < -0.3 is 15.0 Å². The molecular weight excluding hydrogens is 342 g/mol. The monoisotopic (exact) mass is 365 g/mol. The molecule has 0 atom stereocenters. The summed E-state index contributed by atoms with van der Waals surface area (Å²) < 4.78 is 0. The number of aliphatic hydroxyl groups is 1. The van der Waals surface area contributed by atoms with Gasteiger partial charge >= 0.3 is 0 Å². The number of piperazine rings is 1. The van der Waals surface area contributed by atoms with Crippen LogP contribution in [0.4, 0.5) is 0 Å². The van der Waals surface area contributed by atoms with Crippen LogP contribution >= 0.6 is 0 Å². The zero-order chi connectivity index (χ0) is 18.8. The van der Waals surface area contributed by atoms with Gasteiger partial charge in [0.25, 0.3) is 5.91 Å². The number of nitrogens with one attached hydrogen (secondary N) is 1. The molecule has 1 aliphatic heterocycles. The Morgan fingerprint density at radius 2 is 2.04 bits per heavy atom. The quantitative estimate of drug-likeness (QED) is 0.735. The van der Waals surface area contributed by atoms with Crippen molar-refractivity contribution in [2.75, 3.05) is 26.2 Å². The lowest BCUT2D eigenvalue weighted by atomic mass is 10.1. The fourth-order valence-electron chi connectivity index (χ4n) is 3.46. The van der Waals surface area contributed by atoms with Crippen molar-refractivity contribution in [1.82, 2.24) is 24.8 Å². The van der Waals surface area contributed by atoms with E-state index in [-0.39, 0.29) is 12.5 Å². The third-order valence-electron chi connectivity index (χ3n) is 5.08. The molecule has 0 spiro atoms. The van der Waals surface area contributed by atoms with Crippen LogP contribution in [0, 0.1) is 6.92 Å². The number of benzene rings is 1. The minimum atomic E-state index is -0.143. The first kappa shape index (κ1) is 17.6. The van der Waals surface area contributed by atoms with Crippen molar-refractivity contribution in [3.63, 3.8) is 0 Å². The number of imidazole rings is 1. The number of carbonyl (C=O) groups is 1. The van der Waals surface area contributed by atoms with Gasteiger partial charge in [0, 0.05) is 44.5 Å². The first-order valence-corrected chi connectivity index (χ1v) is 9.15. The maximum absolute atomic E-state index is 12.9. The molecule has 0 bridgehead atoms. The molecule has 1 aliphatic rings. The minimum Gasteiger partial charge on any atom is -0.388 e. The largest absolute Gasteiger partial charge is 0.388 e. The molecule has 7 nitrogen and oxygen atoms in total. The molecule has 2 aromatic heterocycles. The highest BCUT2D eigenvalue weighted by molar-refractivity contribution is 5.97. The SMILES string of the molecule is Cc1cccnc1CN1CCN(C(=O)c2ccc3nc(CO)[nH]c3c2)CC1. The van der Waals surface area contributed by atoms with Gasteiger partial charge in [0.1, 0.15) is 12.4 Å². The predicted octanol–water partition coefficient (Wildman–Crippen LogP) is 1.72. The lowest BCUT2D eigenvalue weighted by Gasteiger charge is -2.34. The lowest BCUT2D eigenvalue weighted by molar-refractivity contribution is 0.0627. The van der Waals surface area contributed by atoms with Crippen molar-refractivity contribution in [1.29, 1.82) is 0 Å². The first-order chi connectivity index (χ1) is 13.1. The van der Waals surface area contributed by atoms with Gasteiger partial charge in [-0.15, -0.1) is 0 Å². The summed E-state index contributed by atoms with van der Waals surface area (Å²) in [5.41, 5.74) is 4.47. The predicted molar refractivity (Wildman–Crippen MR) is 102 cm³/mol. The van der Waals surface area contributed by atoms with E-state index in [9.17, 15) is 9.90 Å². The van der Waals surface area contributed by atoms with Gasteiger partial charge in [0.2, 0.25) is 0 Å². The van der Waals surface area contributed by atoms with Gasteiger partial charge in [-0.1, -0.05) is 6.07 Å². The summed E-state index contributed by atoms with van der Waals surface area (Å²) in [7, 11) is 0. The Balaban J connectivity index is 1.40. The van der Waals surface area contributed by atoms with Gasteiger partial charge in [0.05, 0.1) is 16.7 Å². The van der Waals surface area contributed by atoms with Crippen molar-refractivity contribution in [3.05, 3.63) is 59.2 Å². The second-order valence-electron chi connectivity index (χ2n) is 6.91. The maximum Gasteiger partial charge on any atom is 0.254 e. The van der Waals surface area contributed by atoms with Crippen LogP contribution in [0.2, 0.25) is 0 Å². The third kappa shape index (κ3) is 3.70. The van der Waals surface area contributed by atoms with E-state index in [2.05, 4.69) is 32.8 Å². The molecule has 7 heteroatoms. The standard InChI is InChI=1S/C20H23N5O2/c1-14-3-2-6-21-18(14)12-24-7-9-25(10-8-24)20(27)15-4-5-16-17(11-15)23-19(13-26)22-16/h2-6,11,26H,7-10,12-13H2,1H3,(H,22,23). The van der Waals surface area contributed by atoms with Crippen LogP contribution in [-0.4, -0.2) is 61.9 Å². The van der Waals surface area contributed by atoms with E-state index in [1.165, 1.54) is 5.56 Å². The smallest absolute Gasteiger partial charge is 0.254 e. The second kappa shape index (κ2) is 7.46. The molecule has 0 radical (unpaired) electrons. The highest BCUT2D eigenvalue weighted by Gasteiger charge is 2.23. The number of fused-ring (bicyclic) bond motifs is 1. The third-order valence-corrected chi connectivity index (χ3v) is 5.08. The molecule has 0 saturated carbocycles. The number of pyridine rings is 1. The van der Waals surface area contributed by atoms with Crippen LogP contribution in [0.1, 0.15) is 27.4 Å². The normalized spacial score (nSPS) is 15.4. The Bertz CT molecular complexity index is 960. The summed E-state index contributed by atoms with van der Waals surface area (Å²) in [6, 6.07) is 9.47. The number of carbonyl (C=O) groups excluding carboxylic acids is 1. The lowest BCUT2D eigenvalue weighted by Crippen LogP contribution is -2.48. The molecule has 1 amide bonds. The average Bonchev–Trinajstić information content (AvgIpc) is 3.12. The zero-order valence-electron chi connectivity index (χ0n) is 15.4. The van der Waals surface area contributed by atoms with Gasteiger partial charge in [0.15, 0.2) is 0 Å². The van der Waals surface area contributed by atoms with Gasteiger partial charge in [-0.25, -0.2) is 4.98 Å². The molecule has 1 aromatic carbocycles. The van der Waals surface area contributed by atoms with Crippen LogP contribution in [0.3, 0.4) is 0 Å². The number of aromatic amines is 1. The van der Waals surface area contributed by atoms with Gasteiger partial charge in [-0.3, -0.25) is 14.7 Å². The average molecular weight is 365 g/mol. The highest BCUT2D eigenvalue weighted by atomic mass is 16.3. The Kier molecular flexibility index (Phi) is 4.87. The Morgan fingerprint density at radius 3 is 2.78 bits per heavy atom. The van der Waals surface area contributed by atoms with Crippen LogP contribution in [0.5, 0.6) is 0 Å². The minimum absolute atomic E-state index is 0.0331. The molecule has 140 valence electrons. The van der Waals surface area contributed by atoms with E-state index in [4.69, 9.17) is 0 Å². The molecule has 1 saturated heterocycles. The number of amides is 1. The fraction of sp³-hybridized carbons (Fsp3) is 0.350. The summed E-state index contributed by atoms with van der Waals surface area (Å²) in [5, 5.41) is 9.19. The highest BCUT2D eigenvalue weighted by Crippen LogP contribution is 2.17. The first-order valence-electron chi connectivity index (χ1n) is 9.15. The number of H-pyrrole nitrogens is 1. The number of aromatic nitrogens is 3. The summed E-state index contributed by atoms with van der Waals surface area (Å²) in [6.45, 7) is 5.83. The number of aryl methyl sites for hydroxylation is 1. The maximum atomic E-state index is 12.9. The van der Waals surface area contributed by atoms with E-state index in [0.717, 1.165) is 36.4 Å². The summed E-state index contributed by atoms with van der Waals surface area (Å²) in [4.78, 5) is 28.8. The Morgan fingerprint density at radius 1 is 1.22 bits per heavy atom. The van der Waals surface area contributed by atoms with E-state index in [1.807, 2.05) is 29.3 Å². The Hall–Kier alpha value is -2.77. The number of hydrogen-bond donors (Lipinski definition) is 2. The molecule has 0 unspecified atom stereocenters. The zero-order valence-corrected chi connectivity index (χ0v) is 15.4.